The standard InChI is InChI=1S/C29H30N2O4/c1-18(2)21-7-9-22(10-8-21)26-25(27(32)23-11-13-24(14-12-23)35-19(3)4)28(33)29(34)31(26)17-20-6-5-15-30-16-20/h5-16,18-19,26,32H,17H2,1-4H3. The molecule has 3 aromatic rings. The fourth-order valence-electron chi connectivity index (χ4n) is 4.26. The number of aliphatic hydroxyl groups is 1. The highest BCUT2D eigenvalue weighted by Crippen LogP contribution is 2.40. The average Bonchev–Trinajstić information content (AvgIpc) is 3.09. The highest BCUT2D eigenvalue weighted by molar-refractivity contribution is 6.46. The van der Waals surface area contributed by atoms with Gasteiger partial charge in [0.15, 0.2) is 0 Å². The molecular formula is C29H30N2O4. The number of Topliss-reactive ketones (excluding diaryl/α,β-unsaturated/α-hetero) is 1. The first-order valence-electron chi connectivity index (χ1n) is 11.8. The molecule has 2 heterocycles. The number of pyridine rings is 1. The molecule has 35 heavy (non-hydrogen) atoms. The summed E-state index contributed by atoms with van der Waals surface area (Å²) in [6, 6.07) is 17.7. The molecule has 1 saturated heterocycles. The van der Waals surface area contributed by atoms with Crippen LogP contribution in [0.15, 0.2) is 78.6 Å². The van der Waals surface area contributed by atoms with E-state index in [0.29, 0.717) is 17.2 Å². The van der Waals surface area contributed by atoms with Crippen molar-refractivity contribution in [2.75, 3.05) is 0 Å². The molecule has 6 nitrogen and oxygen atoms in total. The first-order chi connectivity index (χ1) is 16.8. The summed E-state index contributed by atoms with van der Waals surface area (Å²) in [4.78, 5) is 32.1. The van der Waals surface area contributed by atoms with E-state index in [9.17, 15) is 14.7 Å². The number of carbonyl (C=O) groups excluding carboxylic acids is 2. The van der Waals surface area contributed by atoms with Crippen LogP contribution in [0.25, 0.3) is 5.76 Å². The Balaban J connectivity index is 1.80. The third-order valence-corrected chi connectivity index (χ3v) is 6.03. The van der Waals surface area contributed by atoms with Crippen LogP contribution >= 0.6 is 0 Å². The molecule has 1 amide bonds. The first-order valence-corrected chi connectivity index (χ1v) is 11.8. The highest BCUT2D eigenvalue weighted by Gasteiger charge is 2.46. The predicted molar refractivity (Wildman–Crippen MR) is 135 cm³/mol. The van der Waals surface area contributed by atoms with E-state index in [-0.39, 0.29) is 24.0 Å². The second kappa shape index (κ2) is 10.1. The number of nitrogens with zero attached hydrogens (tertiary/aromatic N) is 2. The number of ether oxygens (including phenoxy) is 1. The summed E-state index contributed by atoms with van der Waals surface area (Å²) in [5.41, 5.74) is 3.24. The Hall–Kier alpha value is -3.93. The maximum atomic E-state index is 13.2. The van der Waals surface area contributed by atoms with E-state index in [1.54, 1.807) is 42.7 Å². The lowest BCUT2D eigenvalue weighted by atomic mass is 9.93. The summed E-state index contributed by atoms with van der Waals surface area (Å²) in [7, 11) is 0. The maximum Gasteiger partial charge on any atom is 0.295 e. The minimum Gasteiger partial charge on any atom is -0.507 e. The molecule has 6 heteroatoms. The molecule has 0 spiro atoms. The van der Waals surface area contributed by atoms with Crippen molar-refractivity contribution in [2.24, 2.45) is 0 Å². The number of hydrogen-bond acceptors (Lipinski definition) is 5. The quantitative estimate of drug-likeness (QED) is 0.276. The molecule has 0 bridgehead atoms. The monoisotopic (exact) mass is 470 g/mol. The minimum absolute atomic E-state index is 0.0149. The van der Waals surface area contributed by atoms with Crippen LogP contribution in [-0.4, -0.2) is 32.8 Å². The summed E-state index contributed by atoms with van der Waals surface area (Å²) in [6.45, 7) is 8.28. The number of ketones is 1. The van der Waals surface area contributed by atoms with Crippen molar-refractivity contribution in [3.05, 3.63) is 101 Å². The van der Waals surface area contributed by atoms with Gasteiger partial charge >= 0.3 is 0 Å². The van der Waals surface area contributed by atoms with Gasteiger partial charge in [-0.1, -0.05) is 44.2 Å². The molecule has 2 aromatic carbocycles. The Labute approximate surface area is 205 Å². The van der Waals surface area contributed by atoms with Crippen molar-refractivity contribution in [3.63, 3.8) is 0 Å². The Morgan fingerprint density at radius 3 is 2.26 bits per heavy atom. The summed E-state index contributed by atoms with van der Waals surface area (Å²) in [5, 5.41) is 11.3. The summed E-state index contributed by atoms with van der Waals surface area (Å²) >= 11 is 0. The van der Waals surface area contributed by atoms with Gasteiger partial charge in [0.2, 0.25) is 0 Å². The van der Waals surface area contributed by atoms with E-state index in [1.165, 1.54) is 4.90 Å². The predicted octanol–water partition coefficient (Wildman–Crippen LogP) is 5.61. The zero-order valence-electron chi connectivity index (χ0n) is 20.4. The van der Waals surface area contributed by atoms with Crippen LogP contribution in [0.4, 0.5) is 0 Å². The third-order valence-electron chi connectivity index (χ3n) is 6.03. The van der Waals surface area contributed by atoms with E-state index in [0.717, 1.165) is 16.7 Å². The van der Waals surface area contributed by atoms with Gasteiger partial charge in [0.25, 0.3) is 11.7 Å². The number of aliphatic hydroxyl groups excluding tert-OH is 1. The van der Waals surface area contributed by atoms with Crippen molar-refractivity contribution < 1.29 is 19.4 Å². The molecule has 4 rings (SSSR count). The van der Waals surface area contributed by atoms with Crippen LogP contribution in [0, 0.1) is 0 Å². The summed E-state index contributed by atoms with van der Waals surface area (Å²) in [6.07, 6.45) is 3.35. The van der Waals surface area contributed by atoms with Gasteiger partial charge in [0.1, 0.15) is 11.5 Å². The molecule has 1 aliphatic rings. The molecule has 1 aromatic heterocycles. The number of amides is 1. The van der Waals surface area contributed by atoms with Crippen LogP contribution < -0.4 is 4.74 Å². The van der Waals surface area contributed by atoms with Gasteiger partial charge in [0.05, 0.1) is 17.7 Å². The van der Waals surface area contributed by atoms with Crippen LogP contribution in [0.2, 0.25) is 0 Å². The zero-order chi connectivity index (χ0) is 25.1. The van der Waals surface area contributed by atoms with Crippen LogP contribution in [0.1, 0.15) is 61.9 Å². The Morgan fingerprint density at radius 1 is 1.00 bits per heavy atom. The second-order valence-corrected chi connectivity index (χ2v) is 9.30. The number of carbonyl (C=O) groups is 2. The Kier molecular flexibility index (Phi) is 7.01. The van der Waals surface area contributed by atoms with Gasteiger partial charge in [-0.15, -0.1) is 0 Å². The van der Waals surface area contributed by atoms with E-state index in [4.69, 9.17) is 4.74 Å². The average molecular weight is 471 g/mol. The minimum atomic E-state index is -0.719. The lowest BCUT2D eigenvalue weighted by Crippen LogP contribution is -2.29. The smallest absolute Gasteiger partial charge is 0.295 e. The van der Waals surface area contributed by atoms with Crippen LogP contribution in [-0.2, 0) is 16.1 Å². The fraction of sp³-hybridized carbons (Fsp3) is 0.276. The fourth-order valence-corrected chi connectivity index (χ4v) is 4.26. The number of rotatable bonds is 7. The molecular weight excluding hydrogens is 440 g/mol. The van der Waals surface area contributed by atoms with Crippen molar-refractivity contribution in [1.82, 2.24) is 9.88 Å². The van der Waals surface area contributed by atoms with E-state index >= 15 is 0 Å². The molecule has 180 valence electrons. The molecule has 0 saturated carbocycles. The number of likely N-dealkylation sites (tertiary alicyclic amines) is 1. The maximum absolute atomic E-state index is 13.2. The summed E-state index contributed by atoms with van der Waals surface area (Å²) in [5.74, 6) is -0.544. The molecule has 0 radical (unpaired) electrons. The van der Waals surface area contributed by atoms with E-state index in [1.807, 2.05) is 44.2 Å². The van der Waals surface area contributed by atoms with Crippen molar-refractivity contribution in [1.29, 1.82) is 0 Å². The van der Waals surface area contributed by atoms with Crippen molar-refractivity contribution >= 4 is 17.4 Å². The van der Waals surface area contributed by atoms with Crippen molar-refractivity contribution in [2.45, 2.75) is 52.3 Å². The second-order valence-electron chi connectivity index (χ2n) is 9.30. The normalized spacial score (nSPS) is 17.4. The van der Waals surface area contributed by atoms with E-state index < -0.39 is 17.7 Å². The number of aromatic nitrogens is 1. The Bertz CT molecular complexity index is 1230. The SMILES string of the molecule is CC(C)Oc1ccc(C(O)=C2C(=O)C(=O)N(Cc3cccnc3)C2c2ccc(C(C)C)cc2)cc1. The summed E-state index contributed by atoms with van der Waals surface area (Å²) < 4.78 is 5.68. The highest BCUT2D eigenvalue weighted by atomic mass is 16.5. The Morgan fingerprint density at radius 2 is 1.69 bits per heavy atom. The zero-order valence-corrected chi connectivity index (χ0v) is 20.4. The van der Waals surface area contributed by atoms with Gasteiger partial charge in [-0.25, -0.2) is 0 Å². The molecule has 1 fully saturated rings. The van der Waals surface area contributed by atoms with Crippen molar-refractivity contribution in [3.8, 4) is 5.75 Å². The van der Waals surface area contributed by atoms with Crippen LogP contribution in [0.5, 0.6) is 5.75 Å². The molecule has 0 aliphatic carbocycles. The molecule has 1 atom stereocenters. The third kappa shape index (κ3) is 5.11. The number of hydrogen-bond donors (Lipinski definition) is 1. The lowest BCUT2D eigenvalue weighted by Gasteiger charge is -2.25. The topological polar surface area (TPSA) is 79.7 Å². The molecule has 1 N–H and O–H groups in total. The number of benzene rings is 2. The van der Waals surface area contributed by atoms with Gasteiger partial charge in [-0.05, 0) is 66.8 Å². The van der Waals surface area contributed by atoms with Gasteiger partial charge in [-0.2, -0.15) is 0 Å². The van der Waals surface area contributed by atoms with Gasteiger partial charge < -0.3 is 14.7 Å². The molecule has 1 unspecified atom stereocenters. The molecule has 1 aliphatic heterocycles. The van der Waals surface area contributed by atoms with E-state index in [2.05, 4.69) is 18.8 Å². The van der Waals surface area contributed by atoms with Gasteiger partial charge in [0, 0.05) is 24.5 Å². The van der Waals surface area contributed by atoms with Gasteiger partial charge in [-0.3, -0.25) is 14.6 Å². The largest absolute Gasteiger partial charge is 0.507 e. The lowest BCUT2D eigenvalue weighted by molar-refractivity contribution is -0.140. The first kappa shape index (κ1) is 24.2. The van der Waals surface area contributed by atoms with Crippen LogP contribution in [0.3, 0.4) is 0 Å².